The number of carboxylic acid groups (broad SMARTS) is 1. The fraction of sp³-hybridized carbons (Fsp3) is 0.533. The Morgan fingerprint density at radius 3 is 2.54 bits per heavy atom. The average molecular weight is 359 g/mol. The number of fused-ring (bicyclic) bond motifs is 1. The summed E-state index contributed by atoms with van der Waals surface area (Å²) in [6, 6.07) is 5.48. The number of carbonyl (C=O) groups is 1. The van der Waals surface area contributed by atoms with Crippen LogP contribution in [0, 0.1) is 0 Å². The zero-order valence-corrected chi connectivity index (χ0v) is 14.7. The van der Waals surface area contributed by atoms with Crippen LogP contribution in [0.5, 0.6) is 11.5 Å². The number of ether oxygens (including phenoxy) is 2. The number of rotatable bonds is 10. The van der Waals surface area contributed by atoms with Crippen molar-refractivity contribution >= 4 is 13.7 Å². The van der Waals surface area contributed by atoms with E-state index >= 15 is 0 Å². The molecular weight excluding hydrogens is 337 g/mol. The summed E-state index contributed by atoms with van der Waals surface area (Å²) >= 11 is 0. The predicted octanol–water partition coefficient (Wildman–Crippen LogP) is 2.53. The first-order valence-electron chi connectivity index (χ1n) is 7.73. The van der Waals surface area contributed by atoms with Gasteiger partial charge in [-0.15, -0.1) is 0 Å². The Kier molecular flexibility index (Phi) is 6.62. The van der Waals surface area contributed by atoms with Crippen molar-refractivity contribution < 1.29 is 33.0 Å². The molecule has 0 fully saturated rings. The smallest absolute Gasteiger partial charge is 0.408 e. The molecule has 0 spiro atoms. The van der Waals surface area contributed by atoms with Crippen LogP contribution in [0.1, 0.15) is 19.4 Å². The summed E-state index contributed by atoms with van der Waals surface area (Å²) in [5, 5.41) is 9.10. The Bertz CT molecular complexity index is 612. The van der Waals surface area contributed by atoms with E-state index < -0.39 is 20.3 Å². The van der Waals surface area contributed by atoms with Crippen LogP contribution < -0.4 is 9.47 Å². The largest absolute Gasteiger partial charge is 0.480 e. The van der Waals surface area contributed by atoms with E-state index in [2.05, 4.69) is 0 Å². The van der Waals surface area contributed by atoms with Crippen molar-refractivity contribution in [1.82, 2.24) is 4.67 Å². The van der Waals surface area contributed by atoms with Gasteiger partial charge in [-0.2, -0.15) is 4.67 Å². The minimum Gasteiger partial charge on any atom is -0.480 e. The maximum atomic E-state index is 12.8. The molecule has 2 rings (SSSR count). The maximum Gasteiger partial charge on any atom is 0.408 e. The number of hydrogen-bond acceptors (Lipinski definition) is 6. The summed E-state index contributed by atoms with van der Waals surface area (Å²) in [6.07, 6.45) is 0.466. The molecule has 9 heteroatoms. The highest BCUT2D eigenvalue weighted by atomic mass is 31.2. The van der Waals surface area contributed by atoms with E-state index in [1.54, 1.807) is 19.9 Å². The average Bonchev–Trinajstić information content (AvgIpc) is 2.99. The molecule has 0 aliphatic carbocycles. The van der Waals surface area contributed by atoms with Crippen LogP contribution in [-0.4, -0.2) is 48.8 Å². The van der Waals surface area contributed by atoms with Gasteiger partial charge in [-0.05, 0) is 38.0 Å². The third-order valence-electron chi connectivity index (χ3n) is 3.34. The molecule has 1 aliphatic heterocycles. The molecule has 0 amide bonds. The molecule has 24 heavy (non-hydrogen) atoms. The lowest BCUT2D eigenvalue weighted by Crippen LogP contribution is -2.31. The van der Waals surface area contributed by atoms with Gasteiger partial charge in [0.2, 0.25) is 6.79 Å². The second-order valence-corrected chi connectivity index (χ2v) is 7.04. The zero-order valence-electron chi connectivity index (χ0n) is 13.8. The summed E-state index contributed by atoms with van der Waals surface area (Å²) in [4.78, 5) is 11.1. The molecule has 0 bridgehead atoms. The summed E-state index contributed by atoms with van der Waals surface area (Å²) in [7, 11) is -3.64. The first kappa shape index (κ1) is 18.7. The summed E-state index contributed by atoms with van der Waals surface area (Å²) in [6.45, 7) is 3.67. The third kappa shape index (κ3) is 4.70. The molecule has 134 valence electrons. The van der Waals surface area contributed by atoms with Crippen molar-refractivity contribution in [1.29, 1.82) is 0 Å². The van der Waals surface area contributed by atoms with Gasteiger partial charge in [0.05, 0.1) is 13.2 Å². The van der Waals surface area contributed by atoms with E-state index in [9.17, 15) is 9.36 Å². The lowest BCUT2D eigenvalue weighted by molar-refractivity contribution is -0.137. The summed E-state index contributed by atoms with van der Waals surface area (Å²) < 4.78 is 35.1. The standard InChI is InChI=1S/C15H22NO7P/c1-3-22-24(19,23-4-2)16(10-15(17)18)8-7-12-5-6-13-14(9-12)21-11-20-13/h5-6,9H,3-4,7-8,10-11H2,1-2H3,(H,17,18). The minimum atomic E-state index is -3.64. The second-order valence-electron chi connectivity index (χ2n) is 5.02. The fourth-order valence-electron chi connectivity index (χ4n) is 2.33. The highest BCUT2D eigenvalue weighted by Gasteiger charge is 2.34. The molecule has 0 atom stereocenters. The van der Waals surface area contributed by atoms with Crippen LogP contribution in [0.25, 0.3) is 0 Å². The van der Waals surface area contributed by atoms with Crippen LogP contribution >= 0.6 is 7.75 Å². The molecule has 1 aromatic carbocycles. The Hall–Kier alpha value is -1.60. The van der Waals surface area contributed by atoms with Crippen molar-refractivity contribution in [3.05, 3.63) is 23.8 Å². The van der Waals surface area contributed by atoms with E-state index in [0.29, 0.717) is 17.9 Å². The van der Waals surface area contributed by atoms with Gasteiger partial charge in [-0.25, -0.2) is 4.57 Å². The summed E-state index contributed by atoms with van der Waals surface area (Å²) in [5.74, 6) is 0.228. The Morgan fingerprint density at radius 1 is 1.25 bits per heavy atom. The van der Waals surface area contributed by atoms with Gasteiger partial charge in [0.25, 0.3) is 0 Å². The van der Waals surface area contributed by atoms with Gasteiger partial charge in [0.15, 0.2) is 11.5 Å². The molecule has 0 saturated carbocycles. The molecule has 1 aromatic rings. The van der Waals surface area contributed by atoms with E-state index in [4.69, 9.17) is 23.6 Å². The molecule has 1 heterocycles. The molecule has 0 saturated heterocycles. The molecule has 8 nitrogen and oxygen atoms in total. The normalized spacial score (nSPS) is 13.5. The predicted molar refractivity (Wildman–Crippen MR) is 86.3 cm³/mol. The first-order chi connectivity index (χ1) is 11.5. The van der Waals surface area contributed by atoms with E-state index in [1.165, 1.54) is 4.67 Å². The Labute approximate surface area is 140 Å². The maximum absolute atomic E-state index is 12.8. The molecule has 0 radical (unpaired) electrons. The highest BCUT2D eigenvalue weighted by molar-refractivity contribution is 7.51. The first-order valence-corrected chi connectivity index (χ1v) is 9.23. The Morgan fingerprint density at radius 2 is 1.92 bits per heavy atom. The third-order valence-corrected chi connectivity index (χ3v) is 5.55. The van der Waals surface area contributed by atoms with E-state index in [0.717, 1.165) is 5.56 Å². The van der Waals surface area contributed by atoms with Crippen LogP contribution in [0.15, 0.2) is 18.2 Å². The number of aliphatic carboxylic acids is 1. The number of carboxylic acids is 1. The fourth-order valence-corrected chi connectivity index (χ4v) is 4.02. The number of hydrogen-bond donors (Lipinski definition) is 1. The SMILES string of the molecule is CCOP(=O)(OCC)N(CCc1ccc2c(c1)OCO2)CC(=O)O. The zero-order chi connectivity index (χ0) is 17.6. The van der Waals surface area contributed by atoms with E-state index in [1.807, 2.05) is 12.1 Å². The van der Waals surface area contributed by atoms with Gasteiger partial charge >= 0.3 is 13.7 Å². The second kappa shape index (κ2) is 8.48. The van der Waals surface area contributed by atoms with Gasteiger partial charge in [0.1, 0.15) is 6.54 Å². The molecule has 0 unspecified atom stereocenters. The van der Waals surface area contributed by atoms with Gasteiger partial charge in [-0.3, -0.25) is 13.8 Å². The Balaban J connectivity index is 2.10. The molecule has 1 N–H and O–H groups in total. The molecular formula is C15H22NO7P. The number of nitrogens with zero attached hydrogens (tertiary/aromatic N) is 1. The van der Waals surface area contributed by atoms with Crippen molar-refractivity contribution in [2.45, 2.75) is 20.3 Å². The van der Waals surface area contributed by atoms with Crippen LogP contribution in [0.3, 0.4) is 0 Å². The topological polar surface area (TPSA) is 94.5 Å². The van der Waals surface area contributed by atoms with Crippen molar-refractivity contribution in [3.63, 3.8) is 0 Å². The summed E-state index contributed by atoms with van der Waals surface area (Å²) in [5.41, 5.74) is 0.911. The van der Waals surface area contributed by atoms with Crippen LogP contribution in [0.4, 0.5) is 0 Å². The minimum absolute atomic E-state index is 0.164. The monoisotopic (exact) mass is 359 g/mol. The number of benzene rings is 1. The van der Waals surface area contributed by atoms with Crippen molar-refractivity contribution in [3.8, 4) is 11.5 Å². The lowest BCUT2D eigenvalue weighted by Gasteiger charge is -2.28. The van der Waals surface area contributed by atoms with Gasteiger partial charge < -0.3 is 14.6 Å². The van der Waals surface area contributed by atoms with Crippen LogP contribution in [-0.2, 0) is 24.8 Å². The van der Waals surface area contributed by atoms with E-state index in [-0.39, 0.29) is 26.6 Å². The quantitative estimate of drug-likeness (QED) is 0.637. The van der Waals surface area contributed by atoms with Crippen LogP contribution in [0.2, 0.25) is 0 Å². The lowest BCUT2D eigenvalue weighted by atomic mass is 10.1. The van der Waals surface area contributed by atoms with Gasteiger partial charge in [-0.1, -0.05) is 6.07 Å². The van der Waals surface area contributed by atoms with Gasteiger partial charge in [0, 0.05) is 6.54 Å². The highest BCUT2D eigenvalue weighted by Crippen LogP contribution is 2.51. The molecule has 0 aromatic heterocycles. The van der Waals surface area contributed by atoms with Crippen molar-refractivity contribution in [2.75, 3.05) is 33.1 Å². The molecule has 1 aliphatic rings. The van der Waals surface area contributed by atoms with Crippen molar-refractivity contribution in [2.24, 2.45) is 0 Å².